The van der Waals surface area contributed by atoms with E-state index in [1.165, 1.54) is 22.3 Å². The van der Waals surface area contributed by atoms with Crippen molar-refractivity contribution >= 4 is 23.5 Å². The van der Waals surface area contributed by atoms with Crippen molar-refractivity contribution in [1.82, 2.24) is 0 Å². The molecule has 0 atom stereocenters. The third-order valence-electron chi connectivity index (χ3n) is 8.03. The molecule has 2 aliphatic rings. The van der Waals surface area contributed by atoms with Crippen LogP contribution in [0.15, 0.2) is 98.1 Å². The van der Waals surface area contributed by atoms with Gasteiger partial charge in [-0.2, -0.15) is 0 Å². The number of anilines is 2. The number of hydrogen-bond acceptors (Lipinski definition) is 4. The Balaban J connectivity index is 1.24. The molecule has 4 heteroatoms. The quantitative estimate of drug-likeness (QED) is 0.260. The van der Waals surface area contributed by atoms with Crippen LogP contribution in [0.5, 0.6) is 11.5 Å². The van der Waals surface area contributed by atoms with Gasteiger partial charge in [0.1, 0.15) is 11.5 Å². The fraction of sp³-hybridized carbons (Fsp3) is 0.200. The van der Waals surface area contributed by atoms with Crippen molar-refractivity contribution in [3.63, 3.8) is 0 Å². The Hall–Kier alpha value is -4.44. The monoisotopic (exact) mass is 514 g/mol. The molecule has 0 aromatic heterocycles. The minimum atomic E-state index is -0.189. The molecule has 196 valence electrons. The first kappa shape index (κ1) is 24.9. The standard InChI is InChI=1S/C35H34N2O2/c1-5-25-7-13-31(14-8-25)36-21-27-19-29(11-17-33(27)38-23-36)35(3,4)30-12-18-34-28(20-30)22-37(24-39-34)32-15-9-26(6-2)10-16-32/h5-20H,1-2,21-24H2,3-4H3. The highest BCUT2D eigenvalue weighted by Gasteiger charge is 2.28. The van der Waals surface area contributed by atoms with E-state index in [2.05, 4.69) is 122 Å². The first-order chi connectivity index (χ1) is 18.9. The Morgan fingerprint density at radius 2 is 1.03 bits per heavy atom. The number of hydrogen-bond donors (Lipinski definition) is 0. The maximum atomic E-state index is 6.14. The Bertz CT molecular complexity index is 1400. The summed E-state index contributed by atoms with van der Waals surface area (Å²) in [4.78, 5) is 4.52. The maximum Gasteiger partial charge on any atom is 0.161 e. The molecule has 2 heterocycles. The molecule has 4 aromatic rings. The van der Waals surface area contributed by atoms with Crippen molar-refractivity contribution in [3.8, 4) is 11.5 Å². The Kier molecular flexibility index (Phi) is 6.40. The van der Waals surface area contributed by atoms with Gasteiger partial charge in [-0.15, -0.1) is 0 Å². The molecule has 0 saturated carbocycles. The van der Waals surface area contributed by atoms with Crippen LogP contribution in [0.3, 0.4) is 0 Å². The van der Waals surface area contributed by atoms with E-state index in [4.69, 9.17) is 9.47 Å². The molecule has 0 N–H and O–H groups in total. The van der Waals surface area contributed by atoms with Gasteiger partial charge < -0.3 is 19.3 Å². The van der Waals surface area contributed by atoms with E-state index < -0.39 is 0 Å². The van der Waals surface area contributed by atoms with Gasteiger partial charge in [0.25, 0.3) is 0 Å². The molecule has 0 saturated heterocycles. The van der Waals surface area contributed by atoms with Gasteiger partial charge >= 0.3 is 0 Å². The highest BCUT2D eigenvalue weighted by atomic mass is 16.5. The molecule has 6 rings (SSSR count). The Morgan fingerprint density at radius 3 is 1.41 bits per heavy atom. The van der Waals surface area contributed by atoms with Crippen LogP contribution < -0.4 is 19.3 Å². The van der Waals surface area contributed by atoms with Crippen molar-refractivity contribution in [2.45, 2.75) is 32.4 Å². The lowest BCUT2D eigenvalue weighted by atomic mass is 9.77. The van der Waals surface area contributed by atoms with Gasteiger partial charge in [-0.3, -0.25) is 0 Å². The minimum Gasteiger partial charge on any atom is -0.473 e. The fourth-order valence-electron chi connectivity index (χ4n) is 5.40. The molecular weight excluding hydrogens is 480 g/mol. The summed E-state index contributed by atoms with van der Waals surface area (Å²) in [5.41, 5.74) is 9.28. The van der Waals surface area contributed by atoms with Crippen molar-refractivity contribution in [1.29, 1.82) is 0 Å². The van der Waals surface area contributed by atoms with Crippen LogP contribution in [0.1, 0.15) is 47.2 Å². The average Bonchev–Trinajstić information content (AvgIpc) is 3.00. The predicted octanol–water partition coefficient (Wildman–Crippen LogP) is 8.01. The molecule has 0 unspecified atom stereocenters. The molecule has 0 spiro atoms. The number of nitrogens with zero attached hydrogens (tertiary/aromatic N) is 2. The van der Waals surface area contributed by atoms with Crippen molar-refractivity contribution in [2.75, 3.05) is 23.3 Å². The summed E-state index contributed by atoms with van der Waals surface area (Å²) in [5.74, 6) is 1.93. The number of benzene rings is 4. The predicted molar refractivity (Wildman–Crippen MR) is 161 cm³/mol. The van der Waals surface area contributed by atoms with Gasteiger partial charge in [-0.05, 0) is 70.8 Å². The number of fused-ring (bicyclic) bond motifs is 2. The second kappa shape index (κ2) is 10.0. The van der Waals surface area contributed by atoms with E-state index >= 15 is 0 Å². The summed E-state index contributed by atoms with van der Waals surface area (Å²) in [6, 6.07) is 30.2. The normalized spacial score (nSPS) is 14.5. The Morgan fingerprint density at radius 1 is 0.615 bits per heavy atom. The number of ether oxygens (including phenoxy) is 2. The molecule has 0 fully saturated rings. The van der Waals surface area contributed by atoms with E-state index in [0.717, 1.165) is 47.1 Å². The third-order valence-corrected chi connectivity index (χ3v) is 8.03. The third kappa shape index (κ3) is 4.79. The zero-order chi connectivity index (χ0) is 27.0. The van der Waals surface area contributed by atoms with Gasteiger partial charge in [0.2, 0.25) is 0 Å². The summed E-state index contributed by atoms with van der Waals surface area (Å²) < 4.78 is 12.3. The lowest BCUT2D eigenvalue weighted by Gasteiger charge is -2.34. The van der Waals surface area contributed by atoms with E-state index in [-0.39, 0.29) is 5.41 Å². The molecule has 0 radical (unpaired) electrons. The van der Waals surface area contributed by atoms with E-state index in [1.54, 1.807) is 0 Å². The van der Waals surface area contributed by atoms with E-state index in [0.29, 0.717) is 13.5 Å². The van der Waals surface area contributed by atoms with Gasteiger partial charge in [-0.1, -0.05) is 75.6 Å². The van der Waals surface area contributed by atoms with E-state index in [1.807, 2.05) is 12.2 Å². The molecular formula is C35H34N2O2. The van der Waals surface area contributed by atoms with Crippen LogP contribution in [0.2, 0.25) is 0 Å². The fourth-order valence-corrected chi connectivity index (χ4v) is 5.40. The second-order valence-corrected chi connectivity index (χ2v) is 10.8. The largest absolute Gasteiger partial charge is 0.473 e. The Labute approximate surface area is 231 Å². The topological polar surface area (TPSA) is 24.9 Å². The van der Waals surface area contributed by atoms with Crippen LogP contribution in [0, 0.1) is 0 Å². The first-order valence-corrected chi connectivity index (χ1v) is 13.4. The molecule has 0 bridgehead atoms. The first-order valence-electron chi connectivity index (χ1n) is 13.4. The molecule has 2 aliphatic heterocycles. The lowest BCUT2D eigenvalue weighted by molar-refractivity contribution is 0.288. The van der Waals surface area contributed by atoms with E-state index in [9.17, 15) is 0 Å². The van der Waals surface area contributed by atoms with Crippen LogP contribution in [-0.4, -0.2) is 13.5 Å². The van der Waals surface area contributed by atoms with Gasteiger partial charge in [0, 0.05) is 41.0 Å². The SMILES string of the molecule is C=Cc1ccc(N2COc3ccc(C(C)(C)c4ccc5c(c4)CN(c4ccc(C=C)cc4)CO5)cc3C2)cc1. The van der Waals surface area contributed by atoms with Crippen LogP contribution >= 0.6 is 0 Å². The van der Waals surface area contributed by atoms with Crippen molar-refractivity contribution < 1.29 is 9.47 Å². The highest BCUT2D eigenvalue weighted by molar-refractivity contribution is 5.58. The van der Waals surface area contributed by atoms with Gasteiger partial charge in [0.15, 0.2) is 13.5 Å². The molecule has 0 aliphatic carbocycles. The van der Waals surface area contributed by atoms with Crippen LogP contribution in [-0.2, 0) is 18.5 Å². The number of rotatable bonds is 6. The maximum absolute atomic E-state index is 6.14. The highest BCUT2D eigenvalue weighted by Crippen LogP contribution is 2.39. The smallest absolute Gasteiger partial charge is 0.161 e. The zero-order valence-electron chi connectivity index (χ0n) is 22.7. The summed E-state index contributed by atoms with van der Waals surface area (Å²) in [6.45, 7) is 15.0. The van der Waals surface area contributed by atoms with Crippen molar-refractivity contribution in [2.24, 2.45) is 0 Å². The molecule has 39 heavy (non-hydrogen) atoms. The van der Waals surface area contributed by atoms with Gasteiger partial charge in [0.05, 0.1) is 0 Å². The second-order valence-electron chi connectivity index (χ2n) is 10.8. The summed E-state index contributed by atoms with van der Waals surface area (Å²) in [5, 5.41) is 0. The minimum absolute atomic E-state index is 0.189. The lowest BCUT2D eigenvalue weighted by Crippen LogP contribution is -2.33. The molecule has 0 amide bonds. The summed E-state index contributed by atoms with van der Waals surface area (Å²) in [7, 11) is 0. The van der Waals surface area contributed by atoms with Gasteiger partial charge in [-0.25, -0.2) is 0 Å². The average molecular weight is 515 g/mol. The molecule has 4 nitrogen and oxygen atoms in total. The summed E-state index contributed by atoms with van der Waals surface area (Å²) >= 11 is 0. The zero-order valence-corrected chi connectivity index (χ0v) is 22.7. The van der Waals surface area contributed by atoms with Crippen LogP contribution in [0.4, 0.5) is 11.4 Å². The molecule has 4 aromatic carbocycles. The van der Waals surface area contributed by atoms with Crippen LogP contribution in [0.25, 0.3) is 12.2 Å². The van der Waals surface area contributed by atoms with Crippen molar-refractivity contribution in [3.05, 3.63) is 131 Å². The summed E-state index contributed by atoms with van der Waals surface area (Å²) in [6.07, 6.45) is 3.73.